The van der Waals surface area contributed by atoms with E-state index in [0.717, 1.165) is 74.3 Å². The molecule has 182 valence electrons. The van der Waals surface area contributed by atoms with Gasteiger partial charge in [-0.3, -0.25) is 4.79 Å². The van der Waals surface area contributed by atoms with E-state index >= 15 is 0 Å². The van der Waals surface area contributed by atoms with Crippen LogP contribution in [-0.2, 0) is 6.42 Å². The largest absolute Gasteiger partial charge is 0.451 e. The van der Waals surface area contributed by atoms with E-state index in [1.165, 1.54) is 38.5 Å². The molecule has 0 aromatic carbocycles. The summed E-state index contributed by atoms with van der Waals surface area (Å²) in [6.45, 7) is 2.40. The van der Waals surface area contributed by atoms with Crippen molar-refractivity contribution >= 4 is 18.0 Å². The topological polar surface area (TPSA) is 74.6 Å². The standard InChI is InChI=1S/C28H37N3O3/c32-25(24-12-21-3-1-2-4-23(21)34-24)29-17-22-16-27(22)5-7-31(8-6-27)26(33)30-28-13-18-9-19(14-28)11-20(10-18)15-28/h2,4,12,18-20,22H,1,3,5-11,13-17H2,(H,29,32)(H,30,33). The molecule has 6 fully saturated rings. The number of fused-ring (bicyclic) bond motifs is 1. The lowest BCUT2D eigenvalue weighted by Gasteiger charge is -2.57. The van der Waals surface area contributed by atoms with Crippen LogP contribution in [0.3, 0.4) is 0 Å². The van der Waals surface area contributed by atoms with Gasteiger partial charge in [-0.25, -0.2) is 4.79 Å². The van der Waals surface area contributed by atoms with Gasteiger partial charge < -0.3 is 20.0 Å². The molecule has 0 radical (unpaired) electrons. The van der Waals surface area contributed by atoms with E-state index in [4.69, 9.17) is 4.42 Å². The van der Waals surface area contributed by atoms with E-state index in [9.17, 15) is 9.59 Å². The maximum absolute atomic E-state index is 13.2. The van der Waals surface area contributed by atoms with Crippen LogP contribution in [0.25, 0.3) is 6.08 Å². The highest BCUT2D eigenvalue weighted by molar-refractivity contribution is 5.92. The summed E-state index contributed by atoms with van der Waals surface area (Å²) in [4.78, 5) is 27.9. The van der Waals surface area contributed by atoms with Gasteiger partial charge in [-0.2, -0.15) is 0 Å². The Bertz CT molecular complexity index is 996. The molecule has 1 aromatic rings. The minimum absolute atomic E-state index is 0.0915. The number of nitrogens with one attached hydrogen (secondary N) is 2. The summed E-state index contributed by atoms with van der Waals surface area (Å²) in [7, 11) is 0. The number of amides is 3. The molecule has 8 rings (SSSR count). The van der Waals surface area contributed by atoms with E-state index in [1.807, 2.05) is 12.1 Å². The fourth-order valence-corrected chi connectivity index (χ4v) is 8.68. The van der Waals surface area contributed by atoms with Crippen LogP contribution in [-0.4, -0.2) is 42.0 Å². The lowest BCUT2D eigenvalue weighted by Crippen LogP contribution is -2.62. The second-order valence-corrected chi connectivity index (χ2v) is 12.5. The van der Waals surface area contributed by atoms with E-state index in [-0.39, 0.29) is 17.5 Å². The van der Waals surface area contributed by atoms with Crippen LogP contribution in [0.2, 0.25) is 0 Å². The van der Waals surface area contributed by atoms with E-state index in [1.54, 1.807) is 0 Å². The maximum atomic E-state index is 13.2. The van der Waals surface area contributed by atoms with Crippen molar-refractivity contribution in [2.45, 2.75) is 76.2 Å². The molecule has 1 spiro atoms. The first-order chi connectivity index (χ1) is 16.5. The van der Waals surface area contributed by atoms with Crippen molar-refractivity contribution < 1.29 is 14.0 Å². The van der Waals surface area contributed by atoms with Gasteiger partial charge in [0.1, 0.15) is 5.76 Å². The third-order valence-electron chi connectivity index (χ3n) is 10.2. The van der Waals surface area contributed by atoms with Crippen molar-refractivity contribution in [3.63, 3.8) is 0 Å². The fraction of sp³-hybridized carbons (Fsp3) is 0.714. The predicted molar refractivity (Wildman–Crippen MR) is 129 cm³/mol. The normalized spacial score (nSPS) is 36.4. The average Bonchev–Trinajstić information content (AvgIpc) is 3.28. The number of nitrogens with zero attached hydrogens (tertiary/aromatic N) is 1. The third kappa shape index (κ3) is 3.59. The molecule has 1 saturated heterocycles. The molecule has 3 amide bonds. The van der Waals surface area contributed by atoms with E-state index in [2.05, 4.69) is 21.6 Å². The number of likely N-dealkylation sites (tertiary alicyclic amines) is 1. The molecule has 6 nitrogen and oxygen atoms in total. The Hall–Kier alpha value is -2.24. The Kier molecular flexibility index (Phi) is 4.73. The SMILES string of the molecule is O=C(NCC1CC12CCN(C(=O)NC13CC4CC(CC(C4)C1)C3)CC2)c1cc2c(o1)C=CCC2. The zero-order valence-corrected chi connectivity index (χ0v) is 20.1. The van der Waals surface area contributed by atoms with Crippen LogP contribution >= 0.6 is 0 Å². The fourth-order valence-electron chi connectivity index (χ4n) is 8.68. The lowest BCUT2D eigenvalue weighted by atomic mass is 9.53. The summed E-state index contributed by atoms with van der Waals surface area (Å²) in [6, 6.07) is 2.08. The van der Waals surface area contributed by atoms with Gasteiger partial charge in [0.05, 0.1) is 0 Å². The van der Waals surface area contributed by atoms with Crippen molar-refractivity contribution in [1.82, 2.24) is 15.5 Å². The molecule has 6 heteroatoms. The van der Waals surface area contributed by atoms with Crippen molar-refractivity contribution in [3.05, 3.63) is 29.2 Å². The molecule has 34 heavy (non-hydrogen) atoms. The summed E-state index contributed by atoms with van der Waals surface area (Å²) in [5, 5.41) is 6.66. The van der Waals surface area contributed by atoms with Crippen molar-refractivity contribution in [1.29, 1.82) is 0 Å². The Morgan fingerprint density at radius 3 is 2.41 bits per heavy atom. The minimum Gasteiger partial charge on any atom is -0.451 e. The Morgan fingerprint density at radius 1 is 1.03 bits per heavy atom. The highest BCUT2D eigenvalue weighted by Crippen LogP contribution is 2.59. The Balaban J connectivity index is 0.898. The Morgan fingerprint density at radius 2 is 1.74 bits per heavy atom. The lowest BCUT2D eigenvalue weighted by molar-refractivity contribution is -0.0163. The number of hydrogen-bond acceptors (Lipinski definition) is 3. The molecule has 7 aliphatic rings. The van der Waals surface area contributed by atoms with Gasteiger partial charge in [0.25, 0.3) is 5.91 Å². The number of aryl methyl sites for hydroxylation is 1. The highest BCUT2D eigenvalue weighted by Gasteiger charge is 2.56. The minimum atomic E-state index is -0.0998. The molecule has 1 atom stereocenters. The maximum Gasteiger partial charge on any atom is 0.317 e. The number of carbonyl (C=O) groups is 2. The van der Waals surface area contributed by atoms with E-state index in [0.29, 0.717) is 23.6 Å². The number of furan rings is 1. The molecule has 2 heterocycles. The smallest absolute Gasteiger partial charge is 0.317 e. The number of hydrogen-bond donors (Lipinski definition) is 2. The molecule has 5 saturated carbocycles. The molecule has 4 bridgehead atoms. The van der Waals surface area contributed by atoms with Gasteiger partial charge in [0.15, 0.2) is 5.76 Å². The van der Waals surface area contributed by atoms with Crippen LogP contribution in [0.4, 0.5) is 4.79 Å². The second-order valence-electron chi connectivity index (χ2n) is 12.5. The number of piperidine rings is 1. The van der Waals surface area contributed by atoms with Gasteiger partial charge in [-0.1, -0.05) is 6.08 Å². The molecule has 1 aromatic heterocycles. The van der Waals surface area contributed by atoms with Crippen molar-refractivity contribution in [2.24, 2.45) is 29.1 Å². The van der Waals surface area contributed by atoms with Crippen LogP contribution < -0.4 is 10.6 Å². The average molecular weight is 464 g/mol. The van der Waals surface area contributed by atoms with Gasteiger partial charge in [0.2, 0.25) is 0 Å². The molecular formula is C28H37N3O3. The monoisotopic (exact) mass is 463 g/mol. The number of rotatable bonds is 4. The van der Waals surface area contributed by atoms with Gasteiger partial charge in [0, 0.05) is 25.2 Å². The summed E-state index contributed by atoms with van der Waals surface area (Å²) < 4.78 is 5.75. The number of urea groups is 1. The quantitative estimate of drug-likeness (QED) is 0.677. The van der Waals surface area contributed by atoms with Crippen molar-refractivity contribution in [2.75, 3.05) is 19.6 Å². The first-order valence-corrected chi connectivity index (χ1v) is 13.6. The summed E-state index contributed by atoms with van der Waals surface area (Å²) in [5.41, 5.74) is 1.54. The van der Waals surface area contributed by atoms with Crippen LogP contribution in [0.15, 0.2) is 16.6 Å². The molecule has 1 aliphatic heterocycles. The predicted octanol–water partition coefficient (Wildman–Crippen LogP) is 4.75. The first-order valence-electron chi connectivity index (χ1n) is 13.6. The number of allylic oxidation sites excluding steroid dienone is 1. The van der Waals surface area contributed by atoms with Gasteiger partial charge in [-0.05, 0) is 117 Å². The van der Waals surface area contributed by atoms with Crippen LogP contribution in [0.5, 0.6) is 0 Å². The highest BCUT2D eigenvalue weighted by atomic mass is 16.4. The first kappa shape index (κ1) is 21.1. The van der Waals surface area contributed by atoms with E-state index < -0.39 is 0 Å². The van der Waals surface area contributed by atoms with Gasteiger partial charge in [-0.15, -0.1) is 0 Å². The summed E-state index contributed by atoms with van der Waals surface area (Å²) in [6.07, 6.45) is 17.1. The zero-order chi connectivity index (χ0) is 22.9. The number of carbonyl (C=O) groups excluding carboxylic acids is 2. The third-order valence-corrected chi connectivity index (χ3v) is 10.2. The molecule has 6 aliphatic carbocycles. The molecule has 2 N–H and O–H groups in total. The van der Waals surface area contributed by atoms with Crippen LogP contribution in [0.1, 0.15) is 86.1 Å². The Labute approximate surface area is 201 Å². The van der Waals surface area contributed by atoms with Crippen molar-refractivity contribution in [3.8, 4) is 0 Å². The van der Waals surface area contributed by atoms with Gasteiger partial charge >= 0.3 is 6.03 Å². The second kappa shape index (κ2) is 7.63. The summed E-state index contributed by atoms with van der Waals surface area (Å²) >= 11 is 0. The zero-order valence-electron chi connectivity index (χ0n) is 20.1. The molecule has 1 unspecified atom stereocenters. The molecular weight excluding hydrogens is 426 g/mol. The van der Waals surface area contributed by atoms with Crippen LogP contribution in [0, 0.1) is 29.1 Å². The summed E-state index contributed by atoms with van der Waals surface area (Å²) in [5.74, 6) is 4.23.